The molecule has 0 aliphatic heterocycles. The lowest BCUT2D eigenvalue weighted by atomic mass is 9.96. The summed E-state index contributed by atoms with van der Waals surface area (Å²) in [6, 6.07) is 16.5. The van der Waals surface area contributed by atoms with E-state index in [2.05, 4.69) is 10.6 Å². The van der Waals surface area contributed by atoms with Gasteiger partial charge in [0.1, 0.15) is 11.4 Å². The third kappa shape index (κ3) is 7.47. The Balaban J connectivity index is 1.53. The molecule has 0 fully saturated rings. The molecule has 0 aliphatic rings. The van der Waals surface area contributed by atoms with Crippen molar-refractivity contribution >= 4 is 29.1 Å². The minimum absolute atomic E-state index is 0.0440. The van der Waals surface area contributed by atoms with Gasteiger partial charge in [-0.2, -0.15) is 0 Å². The van der Waals surface area contributed by atoms with Crippen LogP contribution in [0.4, 0.5) is 0 Å². The number of imidazole rings is 1. The summed E-state index contributed by atoms with van der Waals surface area (Å²) in [5.41, 5.74) is 9.36. The molecule has 2 heterocycles. The van der Waals surface area contributed by atoms with Gasteiger partial charge < -0.3 is 30.6 Å². The van der Waals surface area contributed by atoms with Crippen molar-refractivity contribution in [2.75, 3.05) is 13.1 Å². The molecule has 0 saturated carbocycles. The van der Waals surface area contributed by atoms with Crippen LogP contribution in [0.25, 0.3) is 16.9 Å². The molecule has 0 aliphatic carbocycles. The minimum atomic E-state index is -1.04. The molecule has 42 heavy (non-hydrogen) atoms. The van der Waals surface area contributed by atoms with Gasteiger partial charge in [-0.15, -0.1) is 0 Å². The summed E-state index contributed by atoms with van der Waals surface area (Å²) in [6.07, 6.45) is 3.13. The molecule has 0 spiro atoms. The van der Waals surface area contributed by atoms with Crippen molar-refractivity contribution in [1.82, 2.24) is 20.0 Å². The van der Waals surface area contributed by atoms with Gasteiger partial charge in [0.15, 0.2) is 0 Å². The Hall–Kier alpha value is -3.92. The molecule has 2 unspecified atom stereocenters. The van der Waals surface area contributed by atoms with E-state index in [-0.39, 0.29) is 36.9 Å². The molecule has 222 valence electrons. The highest BCUT2D eigenvalue weighted by Crippen LogP contribution is 2.28. The number of carbonyl (C=O) groups is 2. The van der Waals surface area contributed by atoms with Crippen LogP contribution in [0, 0.1) is 0 Å². The summed E-state index contributed by atoms with van der Waals surface area (Å²) < 4.78 is 7.55. The van der Waals surface area contributed by atoms with Crippen molar-refractivity contribution in [2.24, 2.45) is 5.73 Å². The number of carbonyl (C=O) groups excluding carboxylic acids is 2. The van der Waals surface area contributed by atoms with Crippen LogP contribution >= 0.6 is 11.6 Å². The van der Waals surface area contributed by atoms with Gasteiger partial charge in [-0.1, -0.05) is 41.9 Å². The number of hydrogen-bond acceptors (Lipinski definition) is 6. The van der Waals surface area contributed by atoms with Crippen molar-refractivity contribution in [3.63, 3.8) is 0 Å². The Morgan fingerprint density at radius 2 is 1.76 bits per heavy atom. The van der Waals surface area contributed by atoms with Crippen LogP contribution in [0.3, 0.4) is 0 Å². The zero-order valence-corrected chi connectivity index (χ0v) is 25.3. The molecule has 2 aromatic carbocycles. The summed E-state index contributed by atoms with van der Waals surface area (Å²) in [5.74, 6) is -0.308. The Kier molecular flexibility index (Phi) is 9.56. The largest absolute Gasteiger partial charge is 0.489 e. The quantitative estimate of drug-likeness (QED) is 0.197. The van der Waals surface area contributed by atoms with E-state index in [1.165, 1.54) is 0 Å². The first-order valence-electron chi connectivity index (χ1n) is 13.9. The van der Waals surface area contributed by atoms with E-state index in [0.717, 1.165) is 22.4 Å². The monoisotopic (exact) mass is 591 g/mol. The number of nitrogens with one attached hydrogen (secondary N) is 2. The van der Waals surface area contributed by atoms with Crippen LogP contribution in [0.1, 0.15) is 68.1 Å². The van der Waals surface area contributed by atoms with Gasteiger partial charge in [0.05, 0.1) is 28.5 Å². The van der Waals surface area contributed by atoms with Crippen molar-refractivity contribution in [3.05, 3.63) is 88.7 Å². The van der Waals surface area contributed by atoms with Gasteiger partial charge in [0.2, 0.25) is 5.91 Å². The van der Waals surface area contributed by atoms with Crippen molar-refractivity contribution in [1.29, 1.82) is 0 Å². The Bertz CT molecular complexity index is 1560. The number of pyridine rings is 1. The zero-order chi connectivity index (χ0) is 30.6. The molecule has 0 radical (unpaired) electrons. The second kappa shape index (κ2) is 12.9. The number of nitrogens with zero attached hydrogens (tertiary/aromatic N) is 2. The molecule has 0 bridgehead atoms. The molecule has 0 saturated heterocycles. The Morgan fingerprint density at radius 1 is 1.07 bits per heavy atom. The first-order valence-corrected chi connectivity index (χ1v) is 14.3. The molecule has 2 aromatic heterocycles. The highest BCUT2D eigenvalue weighted by Gasteiger charge is 2.24. The van der Waals surface area contributed by atoms with Gasteiger partial charge >= 0.3 is 0 Å². The summed E-state index contributed by atoms with van der Waals surface area (Å²) in [7, 11) is 0. The predicted molar refractivity (Wildman–Crippen MR) is 165 cm³/mol. The van der Waals surface area contributed by atoms with Gasteiger partial charge in [0.25, 0.3) is 5.91 Å². The number of halogens is 1. The van der Waals surface area contributed by atoms with Crippen LogP contribution in [0.5, 0.6) is 5.75 Å². The third-order valence-electron chi connectivity index (χ3n) is 6.80. The van der Waals surface area contributed by atoms with E-state index >= 15 is 0 Å². The second-order valence-corrected chi connectivity index (χ2v) is 11.7. The van der Waals surface area contributed by atoms with Crippen molar-refractivity contribution < 1.29 is 19.4 Å². The lowest BCUT2D eigenvalue weighted by molar-refractivity contribution is -0.125. The third-order valence-corrected chi connectivity index (χ3v) is 7.10. The van der Waals surface area contributed by atoms with Crippen LogP contribution in [0.15, 0.2) is 67.0 Å². The van der Waals surface area contributed by atoms with E-state index in [4.69, 9.17) is 27.1 Å². The smallest absolute Gasteiger partial charge is 0.251 e. The van der Waals surface area contributed by atoms with Gasteiger partial charge in [-0.05, 0) is 64.4 Å². The number of rotatable bonds is 11. The number of aromatic nitrogens is 2. The number of amides is 2. The molecular weight excluding hydrogens is 554 g/mol. The number of benzene rings is 2. The fourth-order valence-electron chi connectivity index (χ4n) is 4.49. The summed E-state index contributed by atoms with van der Waals surface area (Å²) in [4.78, 5) is 30.3. The summed E-state index contributed by atoms with van der Waals surface area (Å²) in [5, 5.41) is 16.4. The first-order chi connectivity index (χ1) is 19.8. The van der Waals surface area contributed by atoms with Crippen LogP contribution in [-0.4, -0.2) is 51.0 Å². The molecule has 2 amide bonds. The predicted octanol–water partition coefficient (Wildman–Crippen LogP) is 4.86. The number of aliphatic hydroxyl groups is 1. The Morgan fingerprint density at radius 3 is 2.38 bits per heavy atom. The summed E-state index contributed by atoms with van der Waals surface area (Å²) >= 11 is 6.34. The highest BCUT2D eigenvalue weighted by atomic mass is 35.5. The van der Waals surface area contributed by atoms with Gasteiger partial charge in [0, 0.05) is 48.1 Å². The van der Waals surface area contributed by atoms with E-state index in [0.29, 0.717) is 22.0 Å². The molecule has 4 rings (SSSR count). The molecular formula is C32H38ClN5O4. The lowest BCUT2D eigenvalue weighted by Gasteiger charge is -2.23. The van der Waals surface area contributed by atoms with E-state index in [9.17, 15) is 14.7 Å². The number of ether oxygens (including phenoxy) is 1. The normalized spacial score (nSPS) is 13.2. The maximum absolute atomic E-state index is 13.0. The van der Waals surface area contributed by atoms with Gasteiger partial charge in [-0.25, -0.2) is 4.98 Å². The van der Waals surface area contributed by atoms with Crippen molar-refractivity contribution in [2.45, 2.75) is 58.3 Å². The molecule has 4 aromatic rings. The maximum Gasteiger partial charge on any atom is 0.251 e. The van der Waals surface area contributed by atoms with Gasteiger partial charge in [-0.3, -0.25) is 9.59 Å². The number of hydrogen-bond donors (Lipinski definition) is 4. The summed E-state index contributed by atoms with van der Waals surface area (Å²) in [6.45, 7) is 9.33. The highest BCUT2D eigenvalue weighted by molar-refractivity contribution is 6.32. The molecule has 9 nitrogen and oxygen atoms in total. The SMILES string of the molecule is CC(C)Oc1ccc(C(=O)NCC(CNC(=O)C(C)(C)N)c2ccc(-c3cn4cccc(C(C)O)c4n3)cc2)cc1Cl. The zero-order valence-electron chi connectivity index (χ0n) is 24.5. The maximum atomic E-state index is 13.0. The average molecular weight is 592 g/mol. The standard InChI is InChI=1S/C32H38ClN5O4/c1-19(2)42-28-13-12-23(15-26(28)33)30(40)35-16-24(17-36-31(41)32(4,5)34)21-8-10-22(11-9-21)27-18-38-14-6-7-25(20(3)39)29(38)37-27/h6-15,18-20,24,39H,16-17,34H2,1-5H3,(H,35,40)(H,36,41). The van der Waals surface area contributed by atoms with Crippen LogP contribution in [0.2, 0.25) is 5.02 Å². The van der Waals surface area contributed by atoms with Crippen molar-refractivity contribution in [3.8, 4) is 17.0 Å². The minimum Gasteiger partial charge on any atom is -0.489 e. The number of nitrogens with two attached hydrogens (primary N) is 1. The van der Waals surface area contributed by atoms with E-state index in [1.807, 2.05) is 67.0 Å². The fraction of sp³-hybridized carbons (Fsp3) is 0.344. The molecule has 10 heteroatoms. The molecule has 2 atom stereocenters. The fourth-order valence-corrected chi connectivity index (χ4v) is 4.71. The first kappa shape index (κ1) is 31.0. The van der Waals surface area contributed by atoms with Crippen LogP contribution < -0.4 is 21.1 Å². The number of fused-ring (bicyclic) bond motifs is 1. The van der Waals surface area contributed by atoms with E-state index < -0.39 is 11.6 Å². The molecule has 5 N–H and O–H groups in total. The topological polar surface area (TPSA) is 131 Å². The second-order valence-electron chi connectivity index (χ2n) is 11.3. The number of aliphatic hydroxyl groups excluding tert-OH is 1. The Labute approximate surface area is 251 Å². The van der Waals surface area contributed by atoms with Crippen LogP contribution in [-0.2, 0) is 4.79 Å². The lowest BCUT2D eigenvalue weighted by Crippen LogP contribution is -2.50. The van der Waals surface area contributed by atoms with E-state index in [1.54, 1.807) is 39.0 Å². The average Bonchev–Trinajstić information content (AvgIpc) is 3.37.